The highest BCUT2D eigenvalue weighted by Crippen LogP contribution is 2.32. The minimum Gasteiger partial charge on any atom is -0.454 e. The van der Waals surface area contributed by atoms with Gasteiger partial charge in [-0.3, -0.25) is 4.90 Å². The lowest BCUT2D eigenvalue weighted by atomic mass is 9.86. The SMILES string of the molecule is Cc1ccc(N)cc1C1CCN(Cc2ccc(Oc3cc(F)c(F)cc3F)cc2)CC1. The number of halogens is 3. The first-order valence-electron chi connectivity index (χ1n) is 10.4. The standard InChI is InChI=1S/C25H25F3N2O/c1-16-2-5-19(29)12-21(16)18-8-10-30(11-9-18)15-17-3-6-20(7-4-17)31-25-14-23(27)22(26)13-24(25)28/h2-7,12-14,18H,8-11,15,29H2,1H3. The van der Waals surface area contributed by atoms with E-state index in [2.05, 4.69) is 24.0 Å². The molecule has 6 heteroatoms. The first-order chi connectivity index (χ1) is 14.9. The average molecular weight is 426 g/mol. The Hall–Kier alpha value is -2.99. The number of anilines is 1. The molecule has 0 saturated carbocycles. The van der Waals surface area contributed by atoms with Gasteiger partial charge in [0, 0.05) is 24.4 Å². The van der Waals surface area contributed by atoms with E-state index < -0.39 is 17.5 Å². The lowest BCUT2D eigenvalue weighted by Crippen LogP contribution is -2.32. The van der Waals surface area contributed by atoms with Gasteiger partial charge in [-0.2, -0.15) is 0 Å². The number of rotatable bonds is 5. The van der Waals surface area contributed by atoms with Crippen LogP contribution in [0.5, 0.6) is 11.5 Å². The fourth-order valence-corrected chi connectivity index (χ4v) is 4.13. The van der Waals surface area contributed by atoms with Crippen LogP contribution in [0, 0.1) is 24.4 Å². The number of hydrogen-bond acceptors (Lipinski definition) is 3. The summed E-state index contributed by atoms with van der Waals surface area (Å²) in [7, 11) is 0. The van der Waals surface area contributed by atoms with Gasteiger partial charge in [0.05, 0.1) is 0 Å². The van der Waals surface area contributed by atoms with Crippen molar-refractivity contribution in [3.8, 4) is 11.5 Å². The Morgan fingerprint density at radius 2 is 1.58 bits per heavy atom. The zero-order valence-corrected chi connectivity index (χ0v) is 17.4. The second-order valence-electron chi connectivity index (χ2n) is 8.11. The Labute approximate surface area is 180 Å². The summed E-state index contributed by atoms with van der Waals surface area (Å²) in [4.78, 5) is 2.41. The third-order valence-electron chi connectivity index (χ3n) is 5.86. The molecule has 0 amide bonds. The zero-order chi connectivity index (χ0) is 22.0. The minimum absolute atomic E-state index is 0.342. The zero-order valence-electron chi connectivity index (χ0n) is 17.4. The monoisotopic (exact) mass is 426 g/mol. The molecule has 1 aliphatic heterocycles. The Kier molecular flexibility index (Phi) is 6.18. The highest BCUT2D eigenvalue weighted by atomic mass is 19.2. The van der Waals surface area contributed by atoms with Gasteiger partial charge in [0.2, 0.25) is 0 Å². The highest BCUT2D eigenvalue weighted by Gasteiger charge is 2.22. The quantitative estimate of drug-likeness (QED) is 0.392. The van der Waals surface area contributed by atoms with E-state index in [0.717, 1.165) is 43.7 Å². The first kappa shape index (κ1) is 21.2. The van der Waals surface area contributed by atoms with Crippen LogP contribution in [0.15, 0.2) is 54.6 Å². The lowest BCUT2D eigenvalue weighted by Gasteiger charge is -2.33. The highest BCUT2D eigenvalue weighted by molar-refractivity contribution is 5.46. The van der Waals surface area contributed by atoms with Gasteiger partial charge in [0.25, 0.3) is 0 Å². The fourth-order valence-electron chi connectivity index (χ4n) is 4.13. The van der Waals surface area contributed by atoms with Gasteiger partial charge in [0.1, 0.15) is 5.75 Å². The maximum Gasteiger partial charge on any atom is 0.168 e. The van der Waals surface area contributed by atoms with Crippen LogP contribution in [0.2, 0.25) is 0 Å². The maximum atomic E-state index is 13.8. The molecule has 162 valence electrons. The van der Waals surface area contributed by atoms with E-state index in [0.29, 0.717) is 23.8 Å². The summed E-state index contributed by atoms with van der Waals surface area (Å²) < 4.78 is 45.5. The van der Waals surface area contributed by atoms with Crippen LogP contribution in [0.25, 0.3) is 0 Å². The molecule has 3 aromatic carbocycles. The van der Waals surface area contributed by atoms with Crippen LogP contribution >= 0.6 is 0 Å². The van der Waals surface area contributed by atoms with E-state index in [1.165, 1.54) is 11.1 Å². The van der Waals surface area contributed by atoms with Crippen molar-refractivity contribution in [3.63, 3.8) is 0 Å². The molecule has 1 saturated heterocycles. The van der Waals surface area contributed by atoms with E-state index in [1.54, 1.807) is 12.1 Å². The molecule has 3 nitrogen and oxygen atoms in total. The molecule has 0 aromatic heterocycles. The van der Waals surface area contributed by atoms with Gasteiger partial charge >= 0.3 is 0 Å². The van der Waals surface area contributed by atoms with Gasteiger partial charge < -0.3 is 10.5 Å². The van der Waals surface area contributed by atoms with Gasteiger partial charge in [-0.1, -0.05) is 18.2 Å². The Morgan fingerprint density at radius 3 is 2.29 bits per heavy atom. The van der Waals surface area contributed by atoms with E-state index in [-0.39, 0.29) is 5.75 Å². The molecule has 0 aliphatic carbocycles. The van der Waals surface area contributed by atoms with Crippen molar-refractivity contribution in [2.45, 2.75) is 32.2 Å². The molecular weight excluding hydrogens is 401 g/mol. The van der Waals surface area contributed by atoms with Crippen molar-refractivity contribution in [3.05, 3.63) is 88.7 Å². The molecule has 0 spiro atoms. The van der Waals surface area contributed by atoms with E-state index in [9.17, 15) is 13.2 Å². The van der Waals surface area contributed by atoms with Gasteiger partial charge in [-0.15, -0.1) is 0 Å². The lowest BCUT2D eigenvalue weighted by molar-refractivity contribution is 0.204. The molecule has 1 aliphatic rings. The van der Waals surface area contributed by atoms with Crippen LogP contribution < -0.4 is 10.5 Å². The molecule has 2 N–H and O–H groups in total. The first-order valence-corrected chi connectivity index (χ1v) is 10.4. The molecule has 0 unspecified atom stereocenters. The number of aryl methyl sites for hydroxylation is 1. The smallest absolute Gasteiger partial charge is 0.168 e. The number of ether oxygens (including phenoxy) is 1. The molecule has 0 bridgehead atoms. The molecule has 0 atom stereocenters. The van der Waals surface area contributed by atoms with Gasteiger partial charge in [-0.25, -0.2) is 13.2 Å². The van der Waals surface area contributed by atoms with Crippen LogP contribution in [0.4, 0.5) is 18.9 Å². The second-order valence-corrected chi connectivity index (χ2v) is 8.11. The number of benzene rings is 3. The number of nitrogens with zero attached hydrogens (tertiary/aromatic N) is 1. The average Bonchev–Trinajstić information content (AvgIpc) is 2.76. The third kappa shape index (κ3) is 5.02. The van der Waals surface area contributed by atoms with Gasteiger partial charge in [0.15, 0.2) is 23.2 Å². The summed E-state index contributed by atoms with van der Waals surface area (Å²) in [6.07, 6.45) is 2.17. The van der Waals surface area contributed by atoms with Crippen molar-refractivity contribution in [1.82, 2.24) is 4.90 Å². The molecule has 1 fully saturated rings. The van der Waals surface area contributed by atoms with Crippen molar-refractivity contribution in [2.75, 3.05) is 18.8 Å². The predicted octanol–water partition coefficient (Wildman–Crippen LogP) is 6.17. The summed E-state index contributed by atoms with van der Waals surface area (Å²) in [6.45, 7) is 4.94. The van der Waals surface area contributed by atoms with Crippen LogP contribution in [0.3, 0.4) is 0 Å². The predicted molar refractivity (Wildman–Crippen MR) is 116 cm³/mol. The normalized spacial score (nSPS) is 15.2. The summed E-state index contributed by atoms with van der Waals surface area (Å²) in [5.74, 6) is -2.78. The molecule has 3 aromatic rings. The minimum atomic E-state index is -1.24. The largest absolute Gasteiger partial charge is 0.454 e. The molecule has 1 heterocycles. The topological polar surface area (TPSA) is 38.5 Å². The maximum absolute atomic E-state index is 13.8. The van der Waals surface area contributed by atoms with Crippen molar-refractivity contribution >= 4 is 5.69 Å². The summed E-state index contributed by atoms with van der Waals surface area (Å²) >= 11 is 0. The molecule has 0 radical (unpaired) electrons. The number of nitrogens with two attached hydrogens (primary N) is 1. The second kappa shape index (κ2) is 9.02. The Balaban J connectivity index is 1.34. The van der Waals surface area contributed by atoms with Crippen LogP contribution in [0.1, 0.15) is 35.4 Å². The van der Waals surface area contributed by atoms with Crippen molar-refractivity contribution < 1.29 is 17.9 Å². The molecule has 31 heavy (non-hydrogen) atoms. The summed E-state index contributed by atoms with van der Waals surface area (Å²) in [6, 6.07) is 14.6. The Morgan fingerprint density at radius 1 is 0.903 bits per heavy atom. The molecule has 4 rings (SSSR count). The Bertz CT molecular complexity index is 1060. The fraction of sp³-hybridized carbons (Fsp3) is 0.280. The van der Waals surface area contributed by atoms with Crippen molar-refractivity contribution in [1.29, 1.82) is 0 Å². The van der Waals surface area contributed by atoms with Crippen LogP contribution in [-0.4, -0.2) is 18.0 Å². The van der Waals surface area contributed by atoms with Gasteiger partial charge in [-0.05, 0) is 79.7 Å². The van der Waals surface area contributed by atoms with E-state index >= 15 is 0 Å². The van der Waals surface area contributed by atoms with E-state index in [1.807, 2.05) is 18.2 Å². The van der Waals surface area contributed by atoms with Crippen LogP contribution in [-0.2, 0) is 6.54 Å². The third-order valence-corrected chi connectivity index (χ3v) is 5.86. The molecular formula is C25H25F3N2O. The van der Waals surface area contributed by atoms with Crippen molar-refractivity contribution in [2.24, 2.45) is 0 Å². The van der Waals surface area contributed by atoms with E-state index in [4.69, 9.17) is 10.5 Å². The number of piperidine rings is 1. The number of likely N-dealkylation sites (tertiary alicyclic amines) is 1. The summed E-state index contributed by atoms with van der Waals surface area (Å²) in [5, 5.41) is 0. The number of nitrogen functional groups attached to an aromatic ring is 1. The summed E-state index contributed by atoms with van der Waals surface area (Å²) in [5.41, 5.74) is 10.5. The number of hydrogen-bond donors (Lipinski definition) is 1.